The van der Waals surface area contributed by atoms with E-state index in [9.17, 15) is 29.1 Å². The molecular formula is C63H95IKN4NaO11. The third-order valence-electron chi connectivity index (χ3n) is 15.1. The minimum absolute atomic E-state index is 0. The Bertz CT molecular complexity index is 2290. The van der Waals surface area contributed by atoms with E-state index in [2.05, 4.69) is 79.9 Å². The number of rotatable bonds is 22. The molecule has 12 atom stereocenters. The second kappa shape index (κ2) is 45.5. The van der Waals surface area contributed by atoms with Gasteiger partial charge in [0, 0.05) is 21.8 Å². The van der Waals surface area contributed by atoms with Crippen LogP contribution in [0.25, 0.3) is 0 Å². The van der Waals surface area contributed by atoms with Crippen LogP contribution in [0.3, 0.4) is 0 Å². The molecule has 2 heterocycles. The quantitative estimate of drug-likeness (QED) is 0.0262. The van der Waals surface area contributed by atoms with Gasteiger partial charge in [0.2, 0.25) is 0 Å². The number of hydrogen-bond acceptors (Lipinski definition) is 13. The molecule has 2 saturated heterocycles. The molecule has 18 heteroatoms. The summed E-state index contributed by atoms with van der Waals surface area (Å²) in [6.45, 7) is 32.6. The number of cyclic esters (lactones) is 2. The van der Waals surface area contributed by atoms with Crippen LogP contribution in [0.15, 0.2) is 134 Å². The van der Waals surface area contributed by atoms with Crippen molar-refractivity contribution >= 4 is 58.7 Å². The predicted octanol–water partition coefficient (Wildman–Crippen LogP) is 5.98. The number of carboxylic acids is 3. The van der Waals surface area contributed by atoms with E-state index in [0.29, 0.717) is 18.8 Å². The van der Waals surface area contributed by atoms with Crippen molar-refractivity contribution in [3.05, 3.63) is 146 Å². The predicted molar refractivity (Wildman–Crippen MR) is 325 cm³/mol. The molecule has 2 aliphatic heterocycles. The van der Waals surface area contributed by atoms with Gasteiger partial charge in [-0.15, -0.1) is 19.7 Å². The number of benzene rings is 3. The van der Waals surface area contributed by atoms with Gasteiger partial charge in [0.15, 0.2) is 12.5 Å². The van der Waals surface area contributed by atoms with Crippen LogP contribution in [-0.2, 0) is 33.4 Å². The largest absolute Gasteiger partial charge is 1.00 e. The molecule has 2 aliphatic rings. The summed E-state index contributed by atoms with van der Waals surface area (Å²) in [6.07, 6.45) is 11.9. The zero-order valence-corrected chi connectivity index (χ0v) is 58.7. The van der Waals surface area contributed by atoms with Gasteiger partial charge in [-0.1, -0.05) is 233 Å². The van der Waals surface area contributed by atoms with Crippen LogP contribution in [0, 0.1) is 35.0 Å². The van der Waals surface area contributed by atoms with Gasteiger partial charge in [-0.25, -0.2) is 4.79 Å². The van der Waals surface area contributed by atoms with E-state index in [1.165, 1.54) is 0 Å². The van der Waals surface area contributed by atoms with Crippen molar-refractivity contribution in [1.82, 2.24) is 9.80 Å². The fourth-order valence-electron chi connectivity index (χ4n) is 8.55. The van der Waals surface area contributed by atoms with Gasteiger partial charge in [0.05, 0.1) is 17.4 Å². The number of allylic oxidation sites excluding steroid dienone is 2. The topological polar surface area (TPSA) is 242 Å². The number of halogens is 1. The van der Waals surface area contributed by atoms with Crippen LogP contribution in [0.5, 0.6) is 0 Å². The first-order valence-electron chi connectivity index (χ1n) is 27.2. The Kier molecular flexibility index (Phi) is 47.5. The number of carbonyl (C=O) groups excluding carboxylic acids is 3. The Labute approximate surface area is 564 Å². The standard InChI is InChI=1S/C17H23NO2.C14H19NO2.C13H17NO2.C10H18O2.C6H13NO2.C3H5I.K.Na.H2O/c1-5-12-17(13(3)6-2)16(19)20-15(18(17)4)14-10-8-7-9-11-14;1-4-10(2)12-14(16)17-13(15(12)3)11-8-6-5-7-9-11;1-3-10(2)12(13(15)16)14-9-11-7-5-4-6-8-11;1-5-7-10(4,9(11)12)8(3)6-2;1-3-4(2)5(7)6(8)9;1-2-3-4;;;/h5,7-11,13,15H,1,6,12H2,2-4H3;5-10,12-13H,4H2,1-3H3;4-10,12H,3H2,1-2H3,(H,15,16);5,8H,1,6-7H2,2-4H3,(H,11,12);4-5H,3,7H2,1-2H3,(H,8,9);2H,1,3H2;;;1H2/q;;;;;;2*+1;/p-2/t13?,15-,17-;10?,12-,13-;10?,12-;8?,10-;4?,5-;;;;/m00010..../s1. The second-order valence-corrected chi connectivity index (χ2v) is 21.1. The molecule has 0 aromatic heterocycles. The van der Waals surface area contributed by atoms with Crippen LogP contribution < -0.4 is 91.8 Å². The van der Waals surface area contributed by atoms with E-state index in [0.717, 1.165) is 53.2 Å². The Morgan fingerprint density at radius 3 is 1.59 bits per heavy atom. The zero-order chi connectivity index (χ0) is 59.8. The number of alkyl halides is 1. The molecule has 81 heavy (non-hydrogen) atoms. The first-order chi connectivity index (χ1) is 36.9. The van der Waals surface area contributed by atoms with Crippen molar-refractivity contribution in [2.24, 2.45) is 45.7 Å². The molecule has 0 amide bonds. The second-order valence-electron chi connectivity index (χ2n) is 20.3. The van der Waals surface area contributed by atoms with Crippen LogP contribution in [0.1, 0.15) is 150 Å². The molecule has 5 N–H and O–H groups in total. The van der Waals surface area contributed by atoms with Gasteiger partial charge in [0.1, 0.15) is 17.6 Å². The van der Waals surface area contributed by atoms with Crippen LogP contribution in [0.2, 0.25) is 0 Å². The maximum atomic E-state index is 12.6. The van der Waals surface area contributed by atoms with E-state index in [-0.39, 0.29) is 141 Å². The molecule has 2 fully saturated rings. The van der Waals surface area contributed by atoms with Crippen LogP contribution in [0.4, 0.5) is 0 Å². The number of nitrogens with zero attached hydrogens (tertiary/aromatic N) is 3. The summed E-state index contributed by atoms with van der Waals surface area (Å²) in [5.41, 5.74) is 6.98. The molecule has 442 valence electrons. The Morgan fingerprint density at radius 1 is 0.765 bits per heavy atom. The molecular weight excluding hydrogens is 1180 g/mol. The normalized spacial score (nSPS) is 20.4. The van der Waals surface area contributed by atoms with Crippen LogP contribution in [-0.4, -0.2) is 104 Å². The summed E-state index contributed by atoms with van der Waals surface area (Å²) in [5, 5.41) is 28.3. The first kappa shape index (κ1) is 84.6. The van der Waals surface area contributed by atoms with Crippen molar-refractivity contribution in [2.45, 2.75) is 157 Å². The number of carboxylic acid groups (broad SMARTS) is 3. The van der Waals surface area contributed by atoms with Gasteiger partial charge in [-0.05, 0) is 69.0 Å². The van der Waals surface area contributed by atoms with E-state index in [1.807, 2.05) is 164 Å². The maximum Gasteiger partial charge on any atom is 1.00 e. The Hall–Kier alpha value is -2.89. The van der Waals surface area contributed by atoms with E-state index < -0.39 is 40.9 Å². The summed E-state index contributed by atoms with van der Waals surface area (Å²) < 4.78 is 12.2. The Balaban J connectivity index is -0.000000455. The summed E-state index contributed by atoms with van der Waals surface area (Å²) >= 11 is 2.23. The first-order valence-corrected chi connectivity index (χ1v) is 28.7. The monoisotopic (exact) mass is 1270 g/mol. The zero-order valence-electron chi connectivity index (χ0n) is 51.4. The fourth-order valence-corrected chi connectivity index (χ4v) is 8.55. The fraction of sp³-hybridized carbons (Fsp3) is 0.524. The van der Waals surface area contributed by atoms with E-state index in [1.54, 1.807) is 19.2 Å². The Morgan fingerprint density at radius 2 is 1.23 bits per heavy atom. The van der Waals surface area contributed by atoms with Gasteiger partial charge < -0.3 is 40.8 Å². The van der Waals surface area contributed by atoms with Gasteiger partial charge in [-0.2, -0.15) is 0 Å². The average molecular weight is 1270 g/mol. The van der Waals surface area contributed by atoms with Crippen LogP contribution >= 0.6 is 22.6 Å². The van der Waals surface area contributed by atoms with Crippen molar-refractivity contribution in [3.63, 3.8) is 0 Å². The summed E-state index contributed by atoms with van der Waals surface area (Å²) in [6, 6.07) is 27.6. The number of aliphatic imine (C=N–C) groups is 1. The molecule has 0 aliphatic carbocycles. The third kappa shape index (κ3) is 26.9. The molecule has 15 nitrogen and oxygen atoms in total. The number of aliphatic carboxylic acids is 3. The number of hydrogen-bond donors (Lipinski definition) is 3. The number of ether oxygens (including phenoxy) is 2. The summed E-state index contributed by atoms with van der Waals surface area (Å²) in [5.74, 6) is -2.20. The summed E-state index contributed by atoms with van der Waals surface area (Å²) in [7, 11) is 3.93. The molecule has 3 aromatic carbocycles. The van der Waals surface area contributed by atoms with Crippen molar-refractivity contribution in [2.75, 3.05) is 18.5 Å². The smallest absolute Gasteiger partial charge is 0.870 e. The molecule has 0 bridgehead atoms. The number of carbonyl (C=O) groups is 5. The summed E-state index contributed by atoms with van der Waals surface area (Å²) in [4.78, 5) is 64.7. The molecule has 0 spiro atoms. The number of nitrogens with two attached hydrogens (primary N) is 1. The minimum Gasteiger partial charge on any atom is -0.870 e. The van der Waals surface area contributed by atoms with E-state index in [4.69, 9.17) is 25.4 Å². The van der Waals surface area contributed by atoms with Gasteiger partial charge in [-0.3, -0.25) is 29.2 Å². The molecule has 5 rings (SSSR count). The molecule has 0 saturated carbocycles. The van der Waals surface area contributed by atoms with Gasteiger partial charge >= 0.3 is 105 Å². The molecule has 0 radical (unpaired) electrons. The van der Waals surface area contributed by atoms with Crippen molar-refractivity contribution in [1.29, 1.82) is 0 Å². The van der Waals surface area contributed by atoms with Crippen molar-refractivity contribution in [3.8, 4) is 0 Å². The number of esters is 2. The average Bonchev–Trinajstić information content (AvgIpc) is 3.89. The van der Waals surface area contributed by atoms with E-state index >= 15 is 0 Å². The number of likely N-dealkylation sites (N-methyl/N-ethyl adjacent to an activating group) is 2. The SMILES string of the molecule is C=CCI.C=CC[C@@](C)(C(=O)O)C(C)CC.C=CC[C@]1(C(C)CC)C(=O)O[C@@H](c2ccccc2)N1C.CCC(C)[C@H](N)C(=O)O.CCC(C)[C@H](N=Cc1ccccc1)C(=O)[O-].CCC(C)[C@H]1C(=O)O[C@@H](c2ccccc2)N1C.[K+].[Na+].[OH-]. The third-order valence-corrected chi connectivity index (χ3v) is 15.7. The maximum absolute atomic E-state index is 12.6. The van der Waals surface area contributed by atoms with Gasteiger partial charge in [0.25, 0.3) is 0 Å². The molecule has 3 aromatic rings. The minimum atomic E-state index is -1.11. The molecule has 5 unspecified atom stereocenters. The van der Waals surface area contributed by atoms with Crippen molar-refractivity contribution < 1.29 is 135 Å².